The number of aromatic nitrogens is 2. The molecule has 14 aromatic carbocycles. The second-order valence-electron chi connectivity index (χ2n) is 24.6. The van der Waals surface area contributed by atoms with Crippen LogP contribution in [0.2, 0.25) is 0 Å². The molecule has 0 bridgehead atoms. The zero-order valence-electron chi connectivity index (χ0n) is 49.4. The van der Waals surface area contributed by atoms with Gasteiger partial charge < -0.3 is 27.8 Å². The topological polar surface area (TPSA) is 42.6 Å². The monoisotopic (exact) mass is 1190 g/mol. The zero-order chi connectivity index (χ0) is 59.9. The Morgan fingerprint density at radius 1 is 0.293 bits per heavy atom. The van der Waals surface area contributed by atoms with E-state index in [0.29, 0.717) is 0 Å². The van der Waals surface area contributed by atoms with Gasteiger partial charge in [0.2, 0.25) is 0 Å². The molecule has 5 aromatic heterocycles. The van der Waals surface area contributed by atoms with E-state index < -0.39 is 0 Å². The molecule has 19 aromatic rings. The van der Waals surface area contributed by atoms with Gasteiger partial charge in [0.15, 0.2) is 11.2 Å². The molecule has 8 heteroatoms. The van der Waals surface area contributed by atoms with Crippen LogP contribution in [0.5, 0.6) is 0 Å². The summed E-state index contributed by atoms with van der Waals surface area (Å²) in [4.78, 5) is 5.23. The van der Waals surface area contributed by atoms with E-state index >= 15 is 0 Å². The number of rotatable bonds is 6. The van der Waals surface area contributed by atoms with E-state index in [1.807, 2.05) is 11.3 Å². The average Bonchev–Trinajstić information content (AvgIpc) is 1.48. The molecule has 21 rings (SSSR count). The van der Waals surface area contributed by atoms with E-state index in [9.17, 15) is 0 Å². The minimum atomic E-state index is -0.321. The fraction of sp³-hybridized carbons (Fsp3) is 0. The highest BCUT2D eigenvalue weighted by molar-refractivity contribution is 7.26. The van der Waals surface area contributed by atoms with Crippen LogP contribution >= 0.6 is 11.3 Å². The van der Waals surface area contributed by atoms with Gasteiger partial charge in [-0.2, -0.15) is 0 Å². The fourth-order valence-electron chi connectivity index (χ4n) is 16.1. The molecular formula is C84H49BN4O2S. The van der Waals surface area contributed by atoms with E-state index in [4.69, 9.17) is 8.83 Å². The molecule has 0 aliphatic carbocycles. The molecule has 0 saturated heterocycles. The number of furan rings is 2. The minimum absolute atomic E-state index is 0.321. The number of para-hydroxylation sites is 6. The number of hydrogen-bond donors (Lipinski definition) is 0. The Kier molecular flexibility index (Phi) is 10.3. The first-order valence-corrected chi connectivity index (χ1v) is 32.3. The lowest BCUT2D eigenvalue weighted by Gasteiger charge is -2.45. The van der Waals surface area contributed by atoms with Crippen molar-refractivity contribution in [3.05, 3.63) is 297 Å². The molecule has 0 atom stereocenters. The van der Waals surface area contributed by atoms with Gasteiger partial charge >= 0.3 is 0 Å². The molecule has 0 radical (unpaired) electrons. The Bertz CT molecular complexity index is 6140. The number of hydrogen-bond acceptors (Lipinski definition) is 5. The first kappa shape index (κ1) is 50.1. The first-order valence-electron chi connectivity index (χ1n) is 31.5. The second-order valence-corrected chi connectivity index (χ2v) is 25.6. The molecule has 0 fully saturated rings. The van der Waals surface area contributed by atoms with Gasteiger partial charge in [-0.1, -0.05) is 200 Å². The van der Waals surface area contributed by atoms with Crippen molar-refractivity contribution in [3.8, 4) is 33.6 Å². The van der Waals surface area contributed by atoms with Gasteiger partial charge in [0.25, 0.3) is 6.71 Å². The number of anilines is 6. The van der Waals surface area contributed by atoms with E-state index in [2.05, 4.69) is 316 Å². The normalized spacial score (nSPS) is 12.9. The van der Waals surface area contributed by atoms with Crippen LogP contribution < -0.4 is 26.2 Å². The first-order chi connectivity index (χ1) is 45.7. The molecule has 2 aliphatic heterocycles. The average molecular weight is 1190 g/mol. The van der Waals surface area contributed by atoms with Crippen LogP contribution in [-0.2, 0) is 0 Å². The van der Waals surface area contributed by atoms with Crippen LogP contribution in [0.4, 0.5) is 34.1 Å². The summed E-state index contributed by atoms with van der Waals surface area (Å²) in [6.45, 7) is -0.321. The van der Waals surface area contributed by atoms with Gasteiger partial charge in [0.05, 0.1) is 43.8 Å². The molecule has 0 amide bonds. The second kappa shape index (κ2) is 18.9. The van der Waals surface area contributed by atoms with Crippen molar-refractivity contribution in [1.82, 2.24) is 9.13 Å². The Hall–Kier alpha value is -11.8. The van der Waals surface area contributed by atoms with Gasteiger partial charge in [-0.15, -0.1) is 11.3 Å². The van der Waals surface area contributed by atoms with Crippen molar-refractivity contribution in [2.24, 2.45) is 0 Å². The lowest BCUT2D eigenvalue weighted by atomic mass is 9.33. The van der Waals surface area contributed by atoms with Crippen LogP contribution in [0.15, 0.2) is 306 Å². The van der Waals surface area contributed by atoms with Crippen LogP contribution in [0.1, 0.15) is 0 Å². The minimum Gasteiger partial charge on any atom is -0.454 e. The molecule has 92 heavy (non-hydrogen) atoms. The summed E-state index contributed by atoms with van der Waals surface area (Å²) in [5, 5.41) is 11.5. The smallest absolute Gasteiger partial charge is 0.252 e. The Morgan fingerprint density at radius 3 is 1.21 bits per heavy atom. The number of benzene rings is 14. The highest BCUT2D eigenvalue weighted by Crippen LogP contribution is 2.57. The summed E-state index contributed by atoms with van der Waals surface area (Å²) in [6, 6.07) is 110. The predicted molar refractivity (Wildman–Crippen MR) is 387 cm³/mol. The van der Waals surface area contributed by atoms with Crippen LogP contribution in [-0.4, -0.2) is 15.8 Å². The number of thiophene rings is 1. The van der Waals surface area contributed by atoms with Gasteiger partial charge in [0, 0.05) is 98.1 Å². The highest BCUT2D eigenvalue weighted by Gasteiger charge is 2.47. The van der Waals surface area contributed by atoms with Crippen molar-refractivity contribution in [2.75, 3.05) is 9.80 Å². The third kappa shape index (κ3) is 6.82. The summed E-state index contributed by atoms with van der Waals surface area (Å²) >= 11 is 1.88. The van der Waals surface area contributed by atoms with E-state index in [0.717, 1.165) is 134 Å². The Morgan fingerprint density at radius 2 is 0.707 bits per heavy atom. The molecule has 0 spiro atoms. The predicted octanol–water partition coefficient (Wildman–Crippen LogP) is 21.5. The van der Waals surface area contributed by atoms with E-state index in [1.54, 1.807) is 0 Å². The lowest BCUT2D eigenvalue weighted by molar-refractivity contribution is 0.669. The summed E-state index contributed by atoms with van der Waals surface area (Å²) in [6.07, 6.45) is 0. The van der Waals surface area contributed by atoms with Crippen LogP contribution in [0, 0.1) is 0 Å². The highest BCUT2D eigenvalue weighted by atomic mass is 32.1. The van der Waals surface area contributed by atoms with Crippen LogP contribution in [0.3, 0.4) is 0 Å². The number of nitrogens with zero attached hydrogens (tertiary/aromatic N) is 4. The molecule has 7 heterocycles. The Labute approximate surface area is 531 Å². The third-order valence-corrected chi connectivity index (χ3v) is 21.1. The lowest BCUT2D eigenvalue weighted by Crippen LogP contribution is -2.61. The van der Waals surface area contributed by atoms with E-state index in [-0.39, 0.29) is 6.71 Å². The summed E-state index contributed by atoms with van der Waals surface area (Å²) in [7, 11) is 0. The fourth-order valence-corrected chi connectivity index (χ4v) is 17.3. The number of fused-ring (bicyclic) bond motifs is 20. The van der Waals surface area contributed by atoms with Crippen molar-refractivity contribution in [1.29, 1.82) is 0 Å². The quantitative estimate of drug-likeness (QED) is 0.156. The molecule has 426 valence electrons. The molecule has 6 nitrogen and oxygen atoms in total. The van der Waals surface area contributed by atoms with Crippen molar-refractivity contribution >= 4 is 176 Å². The van der Waals surface area contributed by atoms with Gasteiger partial charge in [-0.3, -0.25) is 0 Å². The molecule has 0 unspecified atom stereocenters. The van der Waals surface area contributed by atoms with Crippen molar-refractivity contribution in [2.45, 2.75) is 0 Å². The maximum Gasteiger partial charge on any atom is 0.252 e. The SMILES string of the molecule is c1ccc(-c2ccc3c(oc4ccccc43)c2N2c3ccc(-n4c5ccccc5c5ccccc54)cc3B3c4cc(-n5c6ccccc6c6ccccc65)ccc4N(c4c(-c5ccccc5)ccc5c4oc4ccccc45)c4c3c2cc2c4sc3ccccc32)cc1. The Balaban J connectivity index is 0.978. The van der Waals surface area contributed by atoms with Gasteiger partial charge in [0.1, 0.15) is 11.2 Å². The summed E-state index contributed by atoms with van der Waals surface area (Å²) < 4.78 is 22.2. The summed E-state index contributed by atoms with van der Waals surface area (Å²) in [5.41, 5.74) is 24.4. The van der Waals surface area contributed by atoms with E-state index in [1.165, 1.54) is 58.1 Å². The maximum absolute atomic E-state index is 7.42. The molecule has 0 saturated carbocycles. The third-order valence-electron chi connectivity index (χ3n) is 19.9. The molecular weight excluding hydrogens is 1140 g/mol. The van der Waals surface area contributed by atoms with Crippen molar-refractivity contribution < 1.29 is 8.83 Å². The maximum atomic E-state index is 7.42. The zero-order valence-corrected chi connectivity index (χ0v) is 50.2. The standard InChI is InChI=1S/C84H49BN4O2S/c1-3-21-50(22-4-1)54-41-43-63-60-29-11-18-36-75(60)90-82(63)79(54)88-72-45-39-52(86-68-32-14-7-25-56(68)57-26-8-15-33-69(57)86)47-66(72)85-67-48-53(87-70-34-16-9-27-58(70)59-28-10-17-35-71(59)87)40-46-73(67)89(81-78(85)74(88)49-65-62-31-13-20-38-77(62)92-84(65)81)80-55(51-23-5-2-6-24-51)42-44-64-61-30-12-19-37-76(61)91-83(64)80/h1-49H. The summed E-state index contributed by atoms with van der Waals surface area (Å²) in [5.74, 6) is 0. The molecule has 0 N–H and O–H groups in total. The van der Waals surface area contributed by atoms with Crippen LogP contribution in [0.25, 0.3) is 141 Å². The largest absolute Gasteiger partial charge is 0.454 e. The molecule has 2 aliphatic rings. The van der Waals surface area contributed by atoms with Crippen molar-refractivity contribution in [3.63, 3.8) is 0 Å². The van der Waals surface area contributed by atoms with Gasteiger partial charge in [-0.25, -0.2) is 0 Å². The van der Waals surface area contributed by atoms with Gasteiger partial charge in [-0.05, 0) is 125 Å².